The quantitative estimate of drug-likeness (QED) is 0.186. The fourth-order valence-electron chi connectivity index (χ4n) is 6.47. The van der Waals surface area contributed by atoms with Gasteiger partial charge in [0.2, 0.25) is 0 Å². The molecule has 0 amide bonds. The first-order chi connectivity index (χ1) is 22.6. The summed E-state index contributed by atoms with van der Waals surface area (Å²) < 4.78 is 28.7. The van der Waals surface area contributed by atoms with Crippen molar-refractivity contribution in [3.8, 4) is 67.5 Å². The molecule has 0 fully saturated rings. The summed E-state index contributed by atoms with van der Waals surface area (Å²) in [5.74, 6) is 2.32. The van der Waals surface area contributed by atoms with Crippen LogP contribution in [0.25, 0.3) is 44.5 Å². The SMILES string of the molecule is O=P12c3cc(-c4cccc(-c5cccnc5)c4)ccc3Oc3cccc(c31)Oc1ccc(-c3cccc(-c4cccnc4)c3)cc12. The summed E-state index contributed by atoms with van der Waals surface area (Å²) in [6, 6.07) is 42.3. The minimum absolute atomic E-state index is 0.564. The first kappa shape index (κ1) is 26.6. The minimum Gasteiger partial charge on any atom is -0.456 e. The predicted molar refractivity (Wildman–Crippen MR) is 183 cm³/mol. The zero-order valence-corrected chi connectivity index (χ0v) is 25.4. The molecular formula is C40H25N2O3P. The number of rotatable bonds is 4. The monoisotopic (exact) mass is 612 g/mol. The highest BCUT2D eigenvalue weighted by atomic mass is 31.2. The molecule has 218 valence electrons. The number of aromatic nitrogens is 2. The van der Waals surface area contributed by atoms with Crippen molar-refractivity contribution in [1.29, 1.82) is 0 Å². The van der Waals surface area contributed by atoms with Crippen LogP contribution in [0, 0.1) is 0 Å². The fraction of sp³-hybridized carbons (Fsp3) is 0. The number of benzene rings is 5. The van der Waals surface area contributed by atoms with Gasteiger partial charge in [-0.25, -0.2) is 0 Å². The van der Waals surface area contributed by atoms with Crippen molar-refractivity contribution in [2.75, 3.05) is 0 Å². The van der Waals surface area contributed by atoms with Crippen molar-refractivity contribution in [1.82, 2.24) is 9.97 Å². The third kappa shape index (κ3) is 4.21. The first-order valence-electron chi connectivity index (χ1n) is 15.1. The lowest BCUT2D eigenvalue weighted by atomic mass is 10.00. The van der Waals surface area contributed by atoms with Crippen LogP contribution in [0.15, 0.2) is 152 Å². The molecule has 5 nitrogen and oxygen atoms in total. The lowest BCUT2D eigenvalue weighted by Crippen LogP contribution is -2.35. The number of pyridine rings is 2. The van der Waals surface area contributed by atoms with Gasteiger partial charge in [0.25, 0.3) is 0 Å². The fourth-order valence-corrected chi connectivity index (χ4v) is 9.57. The van der Waals surface area contributed by atoms with Gasteiger partial charge in [-0.2, -0.15) is 0 Å². The lowest BCUT2D eigenvalue weighted by Gasteiger charge is -2.35. The van der Waals surface area contributed by atoms with Gasteiger partial charge >= 0.3 is 0 Å². The third-order valence-corrected chi connectivity index (χ3v) is 11.8. The molecule has 0 aliphatic carbocycles. The smallest absolute Gasteiger partial charge is 0.185 e. The number of hydrogen-bond acceptors (Lipinski definition) is 5. The molecule has 7 aromatic rings. The second kappa shape index (κ2) is 10.4. The van der Waals surface area contributed by atoms with E-state index in [4.69, 9.17) is 9.47 Å². The normalized spacial score (nSPS) is 13.4. The summed E-state index contributed by atoms with van der Waals surface area (Å²) >= 11 is 0. The van der Waals surface area contributed by atoms with E-state index in [1.165, 1.54) is 0 Å². The summed E-state index contributed by atoms with van der Waals surface area (Å²) in [6.07, 6.45) is 7.27. The largest absolute Gasteiger partial charge is 0.456 e. The molecule has 0 saturated carbocycles. The van der Waals surface area contributed by atoms with Crippen LogP contribution in [0.3, 0.4) is 0 Å². The van der Waals surface area contributed by atoms with Gasteiger partial charge in [-0.05, 0) is 94.0 Å². The maximum Gasteiger partial charge on any atom is 0.185 e. The molecule has 5 aromatic carbocycles. The Labute approximate surface area is 266 Å². The molecular weight excluding hydrogens is 587 g/mol. The Hall–Kier alpha value is -5.77. The van der Waals surface area contributed by atoms with E-state index in [2.05, 4.69) is 46.4 Å². The number of ether oxygens (including phenoxy) is 2. The van der Waals surface area contributed by atoms with Crippen LogP contribution < -0.4 is 25.4 Å². The Kier molecular flexibility index (Phi) is 6.02. The Bertz CT molecular complexity index is 2200. The van der Waals surface area contributed by atoms with E-state index in [0.717, 1.165) is 44.5 Å². The van der Waals surface area contributed by atoms with Gasteiger partial charge in [-0.1, -0.05) is 66.7 Å². The van der Waals surface area contributed by atoms with Crippen molar-refractivity contribution in [3.63, 3.8) is 0 Å². The van der Waals surface area contributed by atoms with Crippen molar-refractivity contribution in [3.05, 3.63) is 152 Å². The van der Waals surface area contributed by atoms with E-state index in [1.54, 1.807) is 12.4 Å². The van der Waals surface area contributed by atoms with Gasteiger partial charge in [-0.15, -0.1) is 0 Å². The Morgan fingerprint density at radius 1 is 0.413 bits per heavy atom. The van der Waals surface area contributed by atoms with Crippen molar-refractivity contribution in [2.24, 2.45) is 0 Å². The highest BCUT2D eigenvalue weighted by Gasteiger charge is 2.46. The molecule has 0 spiro atoms. The van der Waals surface area contributed by atoms with Crippen LogP contribution in [0.1, 0.15) is 0 Å². The van der Waals surface area contributed by atoms with E-state index in [1.807, 2.05) is 103 Å². The Morgan fingerprint density at radius 3 is 1.28 bits per heavy atom. The highest BCUT2D eigenvalue weighted by molar-refractivity contribution is 7.86. The topological polar surface area (TPSA) is 61.3 Å². The first-order valence-corrected chi connectivity index (χ1v) is 16.8. The van der Waals surface area contributed by atoms with Crippen LogP contribution in [-0.4, -0.2) is 9.97 Å². The molecule has 0 saturated heterocycles. The number of hydrogen-bond donors (Lipinski definition) is 0. The summed E-state index contributed by atoms with van der Waals surface area (Å²) in [5, 5.41) is 1.95. The minimum atomic E-state index is -3.42. The molecule has 0 N–H and O–H groups in total. The maximum absolute atomic E-state index is 15.9. The molecule has 0 atom stereocenters. The molecule has 4 heterocycles. The van der Waals surface area contributed by atoms with Crippen molar-refractivity contribution >= 4 is 23.1 Å². The summed E-state index contributed by atoms with van der Waals surface area (Å²) in [5.41, 5.74) is 8.15. The number of nitrogens with zero attached hydrogens (tertiary/aromatic N) is 2. The molecule has 46 heavy (non-hydrogen) atoms. The van der Waals surface area contributed by atoms with E-state index in [9.17, 15) is 0 Å². The third-order valence-electron chi connectivity index (χ3n) is 8.69. The van der Waals surface area contributed by atoms with Crippen LogP contribution >= 0.6 is 7.14 Å². The summed E-state index contributed by atoms with van der Waals surface area (Å²) in [7, 11) is -3.42. The van der Waals surface area contributed by atoms with E-state index in [0.29, 0.717) is 38.9 Å². The molecule has 2 aromatic heterocycles. The van der Waals surface area contributed by atoms with Crippen LogP contribution in [0.4, 0.5) is 0 Å². The van der Waals surface area contributed by atoms with Crippen LogP contribution in [0.5, 0.6) is 23.0 Å². The summed E-state index contributed by atoms with van der Waals surface area (Å²) in [6.45, 7) is 0. The molecule has 0 radical (unpaired) electrons. The molecule has 2 aliphatic rings. The lowest BCUT2D eigenvalue weighted by molar-refractivity contribution is 0.462. The van der Waals surface area contributed by atoms with Gasteiger partial charge < -0.3 is 14.0 Å². The average Bonchev–Trinajstić information content (AvgIpc) is 3.12. The molecule has 6 heteroatoms. The molecule has 0 bridgehead atoms. The van der Waals surface area contributed by atoms with Gasteiger partial charge in [0.05, 0.1) is 10.6 Å². The average molecular weight is 613 g/mol. The molecule has 2 aliphatic heterocycles. The second-order valence-electron chi connectivity index (χ2n) is 11.4. The predicted octanol–water partition coefficient (Wildman–Crippen LogP) is 9.00. The molecule has 0 unspecified atom stereocenters. The zero-order chi connectivity index (χ0) is 30.7. The molecule has 9 rings (SSSR count). The van der Waals surface area contributed by atoms with E-state index < -0.39 is 7.14 Å². The van der Waals surface area contributed by atoms with E-state index >= 15 is 4.57 Å². The Balaban J connectivity index is 1.21. The van der Waals surface area contributed by atoms with Gasteiger partial charge in [0.15, 0.2) is 7.14 Å². The standard InChI is InChI=1S/C40H25N2O3P/c43-46-38-22-30(26-6-1-8-28(20-26)32-10-4-18-41-24-32)14-16-34(38)44-36-12-3-13-37(40(36)46)45-35-17-15-31(23-39(35)46)27-7-2-9-29(21-27)33-11-5-19-42-25-33/h1-25H. The Morgan fingerprint density at radius 2 is 0.826 bits per heavy atom. The van der Waals surface area contributed by atoms with Gasteiger partial charge in [0.1, 0.15) is 28.3 Å². The second-order valence-corrected chi connectivity index (χ2v) is 14.1. The summed E-state index contributed by atoms with van der Waals surface area (Å²) in [4.78, 5) is 8.58. The van der Waals surface area contributed by atoms with Gasteiger partial charge in [-0.3, -0.25) is 9.97 Å². The van der Waals surface area contributed by atoms with E-state index in [-0.39, 0.29) is 0 Å². The zero-order valence-electron chi connectivity index (χ0n) is 24.5. The number of fused-ring (bicyclic) bond motifs is 4. The van der Waals surface area contributed by atoms with Crippen molar-refractivity contribution in [2.45, 2.75) is 0 Å². The van der Waals surface area contributed by atoms with Crippen molar-refractivity contribution < 1.29 is 14.0 Å². The van der Waals surface area contributed by atoms with Gasteiger partial charge in [0, 0.05) is 35.9 Å². The maximum atomic E-state index is 15.9. The van der Waals surface area contributed by atoms with Crippen LogP contribution in [-0.2, 0) is 4.57 Å². The van der Waals surface area contributed by atoms with Crippen LogP contribution in [0.2, 0.25) is 0 Å². The highest BCUT2D eigenvalue weighted by Crippen LogP contribution is 2.59.